The van der Waals surface area contributed by atoms with Gasteiger partial charge in [-0.3, -0.25) is 0 Å². The first-order chi connectivity index (χ1) is 12.2. The van der Waals surface area contributed by atoms with E-state index in [0.29, 0.717) is 19.7 Å². The van der Waals surface area contributed by atoms with Crippen molar-refractivity contribution in [1.82, 2.24) is 15.3 Å². The van der Waals surface area contributed by atoms with Crippen molar-refractivity contribution in [1.29, 1.82) is 0 Å². The number of halogens is 1. The van der Waals surface area contributed by atoms with E-state index in [2.05, 4.69) is 44.2 Å². The standard InChI is InChI=1S/C19H22BrN3O2/c1-3-8-25-19-14(20)9-13(10-17(19)24-2)11-21-12-18-22-15-6-4-5-7-16(15)23-18/h4-7,9-10,21H,3,8,11-12H2,1-2H3,(H,22,23). The van der Waals surface area contributed by atoms with Crippen LogP contribution in [-0.2, 0) is 13.1 Å². The summed E-state index contributed by atoms with van der Waals surface area (Å²) < 4.78 is 12.1. The van der Waals surface area contributed by atoms with E-state index in [1.165, 1.54) is 0 Å². The number of fused-ring (bicyclic) bond motifs is 1. The predicted molar refractivity (Wildman–Crippen MR) is 103 cm³/mol. The minimum Gasteiger partial charge on any atom is -0.493 e. The number of hydrogen-bond donors (Lipinski definition) is 2. The molecule has 0 bridgehead atoms. The van der Waals surface area contributed by atoms with Crippen molar-refractivity contribution in [3.63, 3.8) is 0 Å². The molecule has 132 valence electrons. The number of aromatic nitrogens is 2. The maximum absolute atomic E-state index is 5.76. The van der Waals surface area contributed by atoms with Gasteiger partial charge in [-0.05, 0) is 52.2 Å². The van der Waals surface area contributed by atoms with Gasteiger partial charge in [0.2, 0.25) is 0 Å². The van der Waals surface area contributed by atoms with Gasteiger partial charge < -0.3 is 19.8 Å². The first-order valence-corrected chi connectivity index (χ1v) is 9.14. The summed E-state index contributed by atoms with van der Waals surface area (Å²) >= 11 is 3.58. The molecule has 0 aliphatic carbocycles. The van der Waals surface area contributed by atoms with Gasteiger partial charge in [0.15, 0.2) is 11.5 Å². The normalized spacial score (nSPS) is 11.0. The van der Waals surface area contributed by atoms with Crippen LogP contribution in [0.2, 0.25) is 0 Å². The number of nitrogens with one attached hydrogen (secondary N) is 2. The number of rotatable bonds is 8. The molecule has 0 amide bonds. The van der Waals surface area contributed by atoms with E-state index in [4.69, 9.17) is 9.47 Å². The fourth-order valence-corrected chi connectivity index (χ4v) is 3.24. The van der Waals surface area contributed by atoms with E-state index in [1.54, 1.807) is 7.11 Å². The van der Waals surface area contributed by atoms with Crippen LogP contribution < -0.4 is 14.8 Å². The average Bonchev–Trinajstić information content (AvgIpc) is 3.03. The molecule has 0 saturated carbocycles. The zero-order valence-electron chi connectivity index (χ0n) is 14.4. The Morgan fingerprint density at radius 3 is 2.80 bits per heavy atom. The van der Waals surface area contributed by atoms with Crippen molar-refractivity contribution in [3.05, 3.63) is 52.3 Å². The van der Waals surface area contributed by atoms with Crippen molar-refractivity contribution >= 4 is 27.0 Å². The highest BCUT2D eigenvalue weighted by molar-refractivity contribution is 9.10. The minimum absolute atomic E-state index is 0.665. The maximum atomic E-state index is 5.76. The summed E-state index contributed by atoms with van der Waals surface area (Å²) in [5.41, 5.74) is 3.16. The summed E-state index contributed by atoms with van der Waals surface area (Å²) in [4.78, 5) is 7.89. The van der Waals surface area contributed by atoms with E-state index in [0.717, 1.165) is 44.8 Å². The van der Waals surface area contributed by atoms with Gasteiger partial charge in [-0.2, -0.15) is 0 Å². The third kappa shape index (κ3) is 4.32. The quantitative estimate of drug-likeness (QED) is 0.584. The number of benzene rings is 2. The van der Waals surface area contributed by atoms with Gasteiger partial charge in [0, 0.05) is 6.54 Å². The lowest BCUT2D eigenvalue weighted by Crippen LogP contribution is -2.14. The van der Waals surface area contributed by atoms with Crippen molar-refractivity contribution in [2.45, 2.75) is 26.4 Å². The van der Waals surface area contributed by atoms with Gasteiger partial charge >= 0.3 is 0 Å². The molecule has 2 aromatic carbocycles. The number of aromatic amines is 1. The third-order valence-corrected chi connectivity index (χ3v) is 4.39. The van der Waals surface area contributed by atoms with Crippen molar-refractivity contribution in [3.8, 4) is 11.5 Å². The van der Waals surface area contributed by atoms with Crippen LogP contribution >= 0.6 is 15.9 Å². The number of hydrogen-bond acceptors (Lipinski definition) is 4. The zero-order valence-corrected chi connectivity index (χ0v) is 16.0. The minimum atomic E-state index is 0.665. The summed E-state index contributed by atoms with van der Waals surface area (Å²) in [6, 6.07) is 12.1. The van der Waals surface area contributed by atoms with E-state index in [9.17, 15) is 0 Å². The molecule has 0 spiro atoms. The van der Waals surface area contributed by atoms with E-state index in [-0.39, 0.29) is 0 Å². The molecule has 5 nitrogen and oxygen atoms in total. The van der Waals surface area contributed by atoms with E-state index >= 15 is 0 Å². The second kappa shape index (κ2) is 8.36. The van der Waals surface area contributed by atoms with Gasteiger partial charge in [-0.25, -0.2) is 4.98 Å². The molecule has 1 heterocycles. The molecule has 0 aliphatic rings. The summed E-state index contributed by atoms with van der Waals surface area (Å²) in [6.45, 7) is 4.12. The SMILES string of the molecule is CCCOc1c(Br)cc(CNCc2nc3ccccc3[nH]2)cc1OC. The zero-order chi connectivity index (χ0) is 17.6. The van der Waals surface area contributed by atoms with Crippen LogP contribution in [0.5, 0.6) is 11.5 Å². The third-order valence-electron chi connectivity index (χ3n) is 3.80. The molecule has 1 aromatic heterocycles. The lowest BCUT2D eigenvalue weighted by atomic mass is 10.2. The van der Waals surface area contributed by atoms with Gasteiger partial charge in [0.1, 0.15) is 5.82 Å². The lowest BCUT2D eigenvalue weighted by molar-refractivity contribution is 0.292. The second-order valence-corrected chi connectivity index (χ2v) is 6.62. The highest BCUT2D eigenvalue weighted by Gasteiger charge is 2.11. The van der Waals surface area contributed by atoms with Crippen LogP contribution in [0.4, 0.5) is 0 Å². The second-order valence-electron chi connectivity index (χ2n) is 5.76. The fraction of sp³-hybridized carbons (Fsp3) is 0.316. The summed E-state index contributed by atoms with van der Waals surface area (Å²) in [7, 11) is 1.66. The molecule has 0 unspecified atom stereocenters. The molecule has 0 fully saturated rings. The largest absolute Gasteiger partial charge is 0.493 e. The number of nitrogens with zero attached hydrogens (tertiary/aromatic N) is 1. The van der Waals surface area contributed by atoms with Crippen LogP contribution in [0.1, 0.15) is 24.7 Å². The van der Waals surface area contributed by atoms with E-state index < -0.39 is 0 Å². The van der Waals surface area contributed by atoms with Gasteiger partial charge in [0.25, 0.3) is 0 Å². The predicted octanol–water partition coefficient (Wildman–Crippen LogP) is 4.41. The van der Waals surface area contributed by atoms with Crippen LogP contribution in [0, 0.1) is 0 Å². The van der Waals surface area contributed by atoms with Gasteiger partial charge in [-0.15, -0.1) is 0 Å². The molecule has 25 heavy (non-hydrogen) atoms. The smallest absolute Gasteiger partial charge is 0.175 e. The summed E-state index contributed by atoms with van der Waals surface area (Å²) in [6.07, 6.45) is 0.955. The molecular formula is C19H22BrN3O2. The van der Waals surface area contributed by atoms with Crippen LogP contribution in [0.3, 0.4) is 0 Å². The lowest BCUT2D eigenvalue weighted by Gasteiger charge is -2.14. The first-order valence-electron chi connectivity index (χ1n) is 8.34. The highest BCUT2D eigenvalue weighted by atomic mass is 79.9. The van der Waals surface area contributed by atoms with E-state index in [1.807, 2.05) is 30.3 Å². The molecule has 0 aliphatic heterocycles. The Labute approximate surface area is 155 Å². The summed E-state index contributed by atoms with van der Waals surface area (Å²) in [5.74, 6) is 2.42. The molecule has 0 saturated heterocycles. The molecular weight excluding hydrogens is 382 g/mol. The Balaban J connectivity index is 1.65. The average molecular weight is 404 g/mol. The van der Waals surface area contributed by atoms with Gasteiger partial charge in [0.05, 0.1) is 35.8 Å². The van der Waals surface area contributed by atoms with Gasteiger partial charge in [-0.1, -0.05) is 19.1 Å². The number of imidazole rings is 1. The number of para-hydroxylation sites is 2. The molecule has 0 radical (unpaired) electrons. The highest BCUT2D eigenvalue weighted by Crippen LogP contribution is 2.36. The fourth-order valence-electron chi connectivity index (χ4n) is 2.63. The van der Waals surface area contributed by atoms with Crippen molar-refractivity contribution in [2.75, 3.05) is 13.7 Å². The maximum Gasteiger partial charge on any atom is 0.175 e. The van der Waals surface area contributed by atoms with Crippen molar-refractivity contribution in [2.24, 2.45) is 0 Å². The monoisotopic (exact) mass is 403 g/mol. The van der Waals surface area contributed by atoms with Crippen LogP contribution in [0.15, 0.2) is 40.9 Å². The Morgan fingerprint density at radius 2 is 2.04 bits per heavy atom. The Hall–Kier alpha value is -2.05. The topological polar surface area (TPSA) is 59.2 Å². The molecule has 3 rings (SSSR count). The Morgan fingerprint density at radius 1 is 1.20 bits per heavy atom. The Kier molecular flexibility index (Phi) is 5.94. The molecule has 2 N–H and O–H groups in total. The number of H-pyrrole nitrogens is 1. The van der Waals surface area contributed by atoms with Crippen LogP contribution in [0.25, 0.3) is 11.0 Å². The Bertz CT molecular complexity index is 815. The molecule has 3 aromatic rings. The molecule has 0 atom stereocenters. The number of methoxy groups -OCH3 is 1. The first kappa shape index (κ1) is 17.8. The van der Waals surface area contributed by atoms with Crippen LogP contribution in [-0.4, -0.2) is 23.7 Å². The van der Waals surface area contributed by atoms with Crippen molar-refractivity contribution < 1.29 is 9.47 Å². The summed E-state index contributed by atoms with van der Waals surface area (Å²) in [5, 5.41) is 3.41. The molecule has 6 heteroatoms. The number of ether oxygens (including phenoxy) is 2.